The summed E-state index contributed by atoms with van der Waals surface area (Å²) in [6.07, 6.45) is 3.17. The SMILES string of the molecule is C[C@H](NC(=O)C1CCN(c2ncccc2-c2nc(-c3cccc(F)c3)no2)CC1)c1ccccc1. The van der Waals surface area contributed by atoms with Gasteiger partial charge in [0.25, 0.3) is 5.89 Å². The first kappa shape index (κ1) is 22.7. The van der Waals surface area contributed by atoms with E-state index in [2.05, 4.69) is 25.3 Å². The molecule has 1 N–H and O–H groups in total. The Bertz CT molecular complexity index is 1300. The lowest BCUT2D eigenvalue weighted by Crippen LogP contribution is -2.41. The van der Waals surface area contributed by atoms with Gasteiger partial charge in [0.2, 0.25) is 11.7 Å². The average Bonchev–Trinajstić information content (AvgIpc) is 3.40. The maximum Gasteiger partial charge on any atom is 0.261 e. The summed E-state index contributed by atoms with van der Waals surface area (Å²) in [6.45, 7) is 3.38. The highest BCUT2D eigenvalue weighted by molar-refractivity contribution is 5.79. The molecule has 0 bridgehead atoms. The number of nitrogens with one attached hydrogen (secondary N) is 1. The first-order valence-electron chi connectivity index (χ1n) is 11.7. The zero-order chi connectivity index (χ0) is 24.2. The number of halogens is 1. The first-order valence-corrected chi connectivity index (χ1v) is 11.7. The average molecular weight is 472 g/mol. The molecule has 1 saturated heterocycles. The van der Waals surface area contributed by atoms with Crippen molar-refractivity contribution in [3.63, 3.8) is 0 Å². The van der Waals surface area contributed by atoms with E-state index in [1.165, 1.54) is 12.1 Å². The van der Waals surface area contributed by atoms with Crippen molar-refractivity contribution in [1.82, 2.24) is 20.4 Å². The highest BCUT2D eigenvalue weighted by Crippen LogP contribution is 2.32. The van der Waals surface area contributed by atoms with Crippen LogP contribution in [0, 0.1) is 11.7 Å². The highest BCUT2D eigenvalue weighted by atomic mass is 19.1. The lowest BCUT2D eigenvalue weighted by atomic mass is 9.95. The van der Waals surface area contributed by atoms with Crippen LogP contribution in [0.25, 0.3) is 22.8 Å². The monoisotopic (exact) mass is 471 g/mol. The van der Waals surface area contributed by atoms with Crippen molar-refractivity contribution < 1.29 is 13.7 Å². The molecule has 35 heavy (non-hydrogen) atoms. The number of carbonyl (C=O) groups excluding carboxylic acids is 1. The number of amides is 1. The number of benzene rings is 2. The Morgan fingerprint density at radius 3 is 2.66 bits per heavy atom. The summed E-state index contributed by atoms with van der Waals surface area (Å²) >= 11 is 0. The fraction of sp³-hybridized carbons (Fsp3) is 0.259. The summed E-state index contributed by atoms with van der Waals surface area (Å²) in [5.74, 6) is 1.05. The standard InChI is InChI=1S/C27H26FN5O2/c1-18(19-7-3-2-4-8-19)30-26(34)20-12-15-33(16-13-20)25-23(11-6-14-29-25)27-31-24(32-35-27)21-9-5-10-22(28)17-21/h2-11,14,17-18,20H,12-13,15-16H2,1H3,(H,30,34)/t18-/m0/s1. The second kappa shape index (κ2) is 10.0. The zero-order valence-electron chi connectivity index (χ0n) is 19.4. The van der Waals surface area contributed by atoms with E-state index in [-0.39, 0.29) is 23.7 Å². The number of piperidine rings is 1. The molecule has 3 heterocycles. The number of carbonyl (C=O) groups is 1. The topological polar surface area (TPSA) is 84.2 Å². The Balaban J connectivity index is 1.26. The van der Waals surface area contributed by atoms with Crippen LogP contribution in [0.3, 0.4) is 0 Å². The van der Waals surface area contributed by atoms with Gasteiger partial charge in [0, 0.05) is 30.8 Å². The molecule has 0 unspecified atom stereocenters. The Hall–Kier alpha value is -4.07. The van der Waals surface area contributed by atoms with Crippen LogP contribution < -0.4 is 10.2 Å². The number of pyridine rings is 1. The summed E-state index contributed by atoms with van der Waals surface area (Å²) in [6, 6.07) is 19.7. The van der Waals surface area contributed by atoms with Gasteiger partial charge >= 0.3 is 0 Å². The van der Waals surface area contributed by atoms with Gasteiger partial charge in [-0.3, -0.25) is 4.79 Å². The van der Waals surface area contributed by atoms with Gasteiger partial charge in [-0.25, -0.2) is 9.37 Å². The van der Waals surface area contributed by atoms with Crippen LogP contribution in [0.5, 0.6) is 0 Å². The van der Waals surface area contributed by atoms with Crippen molar-refractivity contribution >= 4 is 11.7 Å². The van der Waals surface area contributed by atoms with Crippen molar-refractivity contribution in [3.05, 3.63) is 84.3 Å². The van der Waals surface area contributed by atoms with Gasteiger partial charge in [0.05, 0.1) is 11.6 Å². The molecule has 2 aromatic heterocycles. The number of hydrogen-bond donors (Lipinski definition) is 1. The molecule has 1 atom stereocenters. The van der Waals surface area contributed by atoms with Gasteiger partial charge in [-0.15, -0.1) is 0 Å². The summed E-state index contributed by atoms with van der Waals surface area (Å²) in [5, 5.41) is 7.17. The van der Waals surface area contributed by atoms with E-state index in [0.29, 0.717) is 35.9 Å². The van der Waals surface area contributed by atoms with Crippen LogP contribution in [0.1, 0.15) is 31.4 Å². The molecular formula is C27H26FN5O2. The lowest BCUT2D eigenvalue weighted by molar-refractivity contribution is -0.126. The molecule has 5 rings (SSSR count). The molecule has 2 aromatic carbocycles. The Morgan fingerprint density at radius 1 is 1.09 bits per heavy atom. The van der Waals surface area contributed by atoms with Gasteiger partial charge in [-0.2, -0.15) is 4.98 Å². The zero-order valence-corrected chi connectivity index (χ0v) is 19.4. The van der Waals surface area contributed by atoms with E-state index in [1.54, 1.807) is 18.3 Å². The van der Waals surface area contributed by atoms with Gasteiger partial charge < -0.3 is 14.7 Å². The third-order valence-corrected chi connectivity index (χ3v) is 6.35. The fourth-order valence-electron chi connectivity index (χ4n) is 4.40. The summed E-state index contributed by atoms with van der Waals surface area (Å²) in [4.78, 5) is 24.1. The van der Waals surface area contributed by atoms with E-state index in [4.69, 9.17) is 4.52 Å². The maximum absolute atomic E-state index is 13.6. The predicted molar refractivity (Wildman–Crippen MR) is 131 cm³/mol. The second-order valence-corrected chi connectivity index (χ2v) is 8.71. The lowest BCUT2D eigenvalue weighted by Gasteiger charge is -2.33. The quantitative estimate of drug-likeness (QED) is 0.425. The Labute approximate surface area is 203 Å². The summed E-state index contributed by atoms with van der Waals surface area (Å²) in [7, 11) is 0. The van der Waals surface area contributed by atoms with Crippen molar-refractivity contribution in [2.75, 3.05) is 18.0 Å². The largest absolute Gasteiger partial charge is 0.356 e. The van der Waals surface area contributed by atoms with Gasteiger partial charge in [-0.05, 0) is 49.6 Å². The molecule has 0 aliphatic carbocycles. The molecule has 7 nitrogen and oxygen atoms in total. The molecule has 8 heteroatoms. The number of hydrogen-bond acceptors (Lipinski definition) is 6. The fourth-order valence-corrected chi connectivity index (χ4v) is 4.40. The summed E-state index contributed by atoms with van der Waals surface area (Å²) < 4.78 is 19.1. The minimum atomic E-state index is -0.360. The molecule has 0 spiro atoms. The molecule has 178 valence electrons. The van der Waals surface area contributed by atoms with Gasteiger partial charge in [0.1, 0.15) is 11.6 Å². The number of anilines is 1. The van der Waals surface area contributed by atoms with Crippen molar-refractivity contribution in [3.8, 4) is 22.8 Å². The van der Waals surface area contributed by atoms with E-state index >= 15 is 0 Å². The van der Waals surface area contributed by atoms with E-state index < -0.39 is 0 Å². The second-order valence-electron chi connectivity index (χ2n) is 8.71. The molecule has 1 fully saturated rings. The van der Waals surface area contributed by atoms with Crippen LogP contribution in [0.15, 0.2) is 77.4 Å². The van der Waals surface area contributed by atoms with Crippen LogP contribution in [-0.2, 0) is 4.79 Å². The minimum Gasteiger partial charge on any atom is -0.356 e. The minimum absolute atomic E-state index is 0.0334. The van der Waals surface area contributed by atoms with Crippen LogP contribution in [0.4, 0.5) is 10.2 Å². The van der Waals surface area contributed by atoms with Gasteiger partial charge in [0.15, 0.2) is 0 Å². The normalized spacial score (nSPS) is 15.1. The van der Waals surface area contributed by atoms with Crippen LogP contribution in [0.2, 0.25) is 0 Å². The van der Waals surface area contributed by atoms with Crippen molar-refractivity contribution in [2.45, 2.75) is 25.8 Å². The van der Waals surface area contributed by atoms with E-state index in [0.717, 1.165) is 24.2 Å². The van der Waals surface area contributed by atoms with Crippen LogP contribution >= 0.6 is 0 Å². The molecule has 1 amide bonds. The number of aromatic nitrogens is 3. The molecular weight excluding hydrogens is 445 g/mol. The molecule has 1 aliphatic rings. The number of rotatable bonds is 6. The van der Waals surface area contributed by atoms with E-state index in [1.807, 2.05) is 49.4 Å². The first-order chi connectivity index (χ1) is 17.1. The predicted octanol–water partition coefficient (Wildman–Crippen LogP) is 5.03. The highest BCUT2D eigenvalue weighted by Gasteiger charge is 2.28. The van der Waals surface area contributed by atoms with Gasteiger partial charge in [-0.1, -0.05) is 47.6 Å². The third kappa shape index (κ3) is 5.06. The molecule has 4 aromatic rings. The Morgan fingerprint density at radius 2 is 1.89 bits per heavy atom. The Kier molecular flexibility index (Phi) is 6.52. The molecule has 1 aliphatic heterocycles. The van der Waals surface area contributed by atoms with E-state index in [9.17, 15) is 9.18 Å². The molecule has 0 saturated carbocycles. The van der Waals surface area contributed by atoms with Crippen molar-refractivity contribution in [2.24, 2.45) is 5.92 Å². The molecule has 0 radical (unpaired) electrons. The maximum atomic E-state index is 13.6. The summed E-state index contributed by atoms with van der Waals surface area (Å²) in [5.41, 5.74) is 2.35. The van der Waals surface area contributed by atoms with Crippen molar-refractivity contribution in [1.29, 1.82) is 0 Å². The number of nitrogens with zero attached hydrogens (tertiary/aromatic N) is 4. The van der Waals surface area contributed by atoms with Crippen LogP contribution in [-0.4, -0.2) is 34.1 Å². The smallest absolute Gasteiger partial charge is 0.261 e. The third-order valence-electron chi connectivity index (χ3n) is 6.35.